The zero-order valence-electron chi connectivity index (χ0n) is 8.07. The third-order valence-electron chi connectivity index (χ3n) is 2.58. The van der Waals surface area contributed by atoms with E-state index in [2.05, 4.69) is 15.0 Å². The first kappa shape index (κ1) is 9.14. The molecule has 1 fully saturated rings. The Hall–Kier alpha value is -1.43. The van der Waals surface area contributed by atoms with E-state index >= 15 is 0 Å². The highest BCUT2D eigenvalue weighted by molar-refractivity contribution is 5.28. The Labute approximate surface area is 81.9 Å². The van der Waals surface area contributed by atoms with Crippen LogP contribution in [0, 0.1) is 5.92 Å². The molecule has 14 heavy (non-hydrogen) atoms. The Morgan fingerprint density at radius 3 is 2.07 bits per heavy atom. The molecule has 76 valence electrons. The summed E-state index contributed by atoms with van der Waals surface area (Å²) in [5, 5.41) is 0. The lowest BCUT2D eigenvalue weighted by Crippen LogP contribution is -2.38. The molecule has 0 bridgehead atoms. The van der Waals surface area contributed by atoms with Gasteiger partial charge in [-0.1, -0.05) is 0 Å². The minimum atomic E-state index is -0.537. The molecule has 0 aromatic carbocycles. The molecular weight excluding hydrogens is 180 g/mol. The molecule has 1 aromatic rings. The summed E-state index contributed by atoms with van der Waals surface area (Å²) < 4.78 is 0. The Morgan fingerprint density at radius 2 is 1.64 bits per heavy atom. The summed E-state index contributed by atoms with van der Waals surface area (Å²) in [4.78, 5) is 11.7. The molecular formula is C8H14N6. The van der Waals surface area contributed by atoms with E-state index in [-0.39, 0.29) is 11.9 Å². The molecule has 0 radical (unpaired) electrons. The van der Waals surface area contributed by atoms with Crippen LogP contribution in [-0.4, -0.2) is 15.0 Å². The van der Waals surface area contributed by atoms with Gasteiger partial charge >= 0.3 is 0 Å². The van der Waals surface area contributed by atoms with Crippen LogP contribution < -0.4 is 17.2 Å². The second-order valence-corrected chi connectivity index (χ2v) is 3.93. The lowest BCUT2D eigenvalue weighted by molar-refractivity contribution is 0.400. The first-order chi connectivity index (χ1) is 6.50. The van der Waals surface area contributed by atoms with Gasteiger partial charge in [-0.3, -0.25) is 0 Å². The second-order valence-electron chi connectivity index (χ2n) is 3.93. The van der Waals surface area contributed by atoms with Crippen molar-refractivity contribution in [2.24, 2.45) is 11.7 Å². The normalized spacial score (nSPS) is 20.4. The fraction of sp³-hybridized carbons (Fsp3) is 0.625. The van der Waals surface area contributed by atoms with Crippen LogP contribution >= 0.6 is 0 Å². The standard InChI is InChI=1S/C8H14N6/c1-8(11,4-2-3-4)5-12-6(9)14-7(10)13-5/h4H,2-3,11H2,1H3,(H4,9,10,12,13,14). The first-order valence-electron chi connectivity index (χ1n) is 4.56. The van der Waals surface area contributed by atoms with E-state index in [1.165, 1.54) is 0 Å². The number of rotatable bonds is 2. The predicted octanol–water partition coefficient (Wildman–Crippen LogP) is -0.380. The molecule has 1 aromatic heterocycles. The van der Waals surface area contributed by atoms with E-state index in [1.807, 2.05) is 6.92 Å². The van der Waals surface area contributed by atoms with Crippen LogP contribution in [0.25, 0.3) is 0 Å². The summed E-state index contributed by atoms with van der Waals surface area (Å²) in [6.07, 6.45) is 2.22. The summed E-state index contributed by atoms with van der Waals surface area (Å²) in [6.45, 7) is 1.90. The molecule has 1 heterocycles. The maximum Gasteiger partial charge on any atom is 0.225 e. The van der Waals surface area contributed by atoms with Crippen molar-refractivity contribution in [3.05, 3.63) is 5.82 Å². The van der Waals surface area contributed by atoms with Crippen molar-refractivity contribution >= 4 is 11.9 Å². The zero-order chi connectivity index (χ0) is 10.3. The maximum atomic E-state index is 6.12. The lowest BCUT2D eigenvalue weighted by atomic mass is 9.96. The Kier molecular flexibility index (Phi) is 1.81. The number of hydrogen-bond donors (Lipinski definition) is 3. The van der Waals surface area contributed by atoms with E-state index in [1.54, 1.807) is 0 Å². The van der Waals surface area contributed by atoms with Crippen molar-refractivity contribution in [3.8, 4) is 0 Å². The van der Waals surface area contributed by atoms with E-state index in [9.17, 15) is 0 Å². The van der Waals surface area contributed by atoms with Gasteiger partial charge in [0.25, 0.3) is 0 Å². The highest BCUT2D eigenvalue weighted by Crippen LogP contribution is 2.42. The fourth-order valence-corrected chi connectivity index (χ4v) is 1.52. The van der Waals surface area contributed by atoms with E-state index in [0.29, 0.717) is 11.7 Å². The van der Waals surface area contributed by atoms with Crippen LogP contribution in [0.15, 0.2) is 0 Å². The van der Waals surface area contributed by atoms with Gasteiger partial charge in [-0.2, -0.15) is 15.0 Å². The van der Waals surface area contributed by atoms with Gasteiger partial charge in [0.2, 0.25) is 11.9 Å². The largest absolute Gasteiger partial charge is 0.368 e. The summed E-state index contributed by atoms with van der Waals surface area (Å²) in [5.74, 6) is 1.18. The van der Waals surface area contributed by atoms with Crippen LogP contribution in [0.1, 0.15) is 25.6 Å². The summed E-state index contributed by atoms with van der Waals surface area (Å²) in [5.41, 5.74) is 16.5. The monoisotopic (exact) mass is 194 g/mol. The van der Waals surface area contributed by atoms with Gasteiger partial charge in [0.1, 0.15) is 0 Å². The molecule has 1 aliphatic rings. The zero-order valence-corrected chi connectivity index (χ0v) is 8.07. The van der Waals surface area contributed by atoms with Crippen LogP contribution in [0.4, 0.5) is 11.9 Å². The molecule has 1 aliphatic carbocycles. The van der Waals surface area contributed by atoms with Gasteiger partial charge in [0.15, 0.2) is 5.82 Å². The molecule has 2 rings (SSSR count). The average Bonchev–Trinajstić information content (AvgIpc) is 2.83. The van der Waals surface area contributed by atoms with Crippen LogP contribution in [-0.2, 0) is 5.54 Å². The van der Waals surface area contributed by atoms with Gasteiger partial charge in [-0.05, 0) is 25.7 Å². The number of aromatic nitrogens is 3. The average molecular weight is 194 g/mol. The first-order valence-corrected chi connectivity index (χ1v) is 4.56. The highest BCUT2D eigenvalue weighted by Gasteiger charge is 2.42. The summed E-state index contributed by atoms with van der Waals surface area (Å²) in [7, 11) is 0. The second kappa shape index (κ2) is 2.78. The lowest BCUT2D eigenvalue weighted by Gasteiger charge is -2.22. The van der Waals surface area contributed by atoms with E-state index in [0.717, 1.165) is 12.8 Å². The van der Waals surface area contributed by atoms with Crippen molar-refractivity contribution in [2.45, 2.75) is 25.3 Å². The third kappa shape index (κ3) is 1.48. The van der Waals surface area contributed by atoms with Crippen molar-refractivity contribution in [3.63, 3.8) is 0 Å². The van der Waals surface area contributed by atoms with Gasteiger partial charge < -0.3 is 17.2 Å². The maximum absolute atomic E-state index is 6.12. The third-order valence-corrected chi connectivity index (χ3v) is 2.58. The molecule has 6 heteroatoms. The minimum absolute atomic E-state index is 0.129. The van der Waals surface area contributed by atoms with Gasteiger partial charge in [-0.15, -0.1) is 0 Å². The molecule has 1 saturated carbocycles. The number of anilines is 2. The number of nitrogens with two attached hydrogens (primary N) is 3. The van der Waals surface area contributed by atoms with Crippen LogP contribution in [0.2, 0.25) is 0 Å². The SMILES string of the molecule is CC(N)(c1nc(N)nc(N)n1)C1CC1. The van der Waals surface area contributed by atoms with Crippen molar-refractivity contribution in [2.75, 3.05) is 11.5 Å². The Morgan fingerprint density at radius 1 is 1.14 bits per heavy atom. The molecule has 1 atom stereocenters. The molecule has 1 unspecified atom stereocenters. The number of nitrogen functional groups attached to an aromatic ring is 2. The Bertz CT molecular complexity index is 337. The van der Waals surface area contributed by atoms with Gasteiger partial charge in [0, 0.05) is 0 Å². The smallest absolute Gasteiger partial charge is 0.225 e. The summed E-state index contributed by atoms with van der Waals surface area (Å²) in [6, 6.07) is 0. The molecule has 0 amide bonds. The molecule has 6 N–H and O–H groups in total. The Balaban J connectivity index is 2.39. The van der Waals surface area contributed by atoms with Crippen LogP contribution in [0.3, 0.4) is 0 Å². The summed E-state index contributed by atoms with van der Waals surface area (Å²) >= 11 is 0. The van der Waals surface area contributed by atoms with Gasteiger partial charge in [0.05, 0.1) is 5.54 Å². The molecule has 0 aliphatic heterocycles. The highest BCUT2D eigenvalue weighted by atomic mass is 15.2. The van der Waals surface area contributed by atoms with Crippen molar-refractivity contribution < 1.29 is 0 Å². The van der Waals surface area contributed by atoms with E-state index in [4.69, 9.17) is 17.2 Å². The topological polar surface area (TPSA) is 117 Å². The molecule has 6 nitrogen and oxygen atoms in total. The minimum Gasteiger partial charge on any atom is -0.368 e. The molecule has 0 saturated heterocycles. The van der Waals surface area contributed by atoms with Crippen molar-refractivity contribution in [1.29, 1.82) is 0 Å². The number of nitrogens with zero attached hydrogens (tertiary/aromatic N) is 3. The quantitative estimate of drug-likeness (QED) is 0.590. The molecule has 0 spiro atoms. The predicted molar refractivity (Wildman–Crippen MR) is 52.9 cm³/mol. The number of hydrogen-bond acceptors (Lipinski definition) is 6. The van der Waals surface area contributed by atoms with Crippen molar-refractivity contribution in [1.82, 2.24) is 15.0 Å². The van der Waals surface area contributed by atoms with E-state index < -0.39 is 5.54 Å². The van der Waals surface area contributed by atoms with Gasteiger partial charge in [-0.25, -0.2) is 0 Å². The fourth-order valence-electron chi connectivity index (χ4n) is 1.52. The van der Waals surface area contributed by atoms with Crippen LogP contribution in [0.5, 0.6) is 0 Å².